The first-order chi connectivity index (χ1) is 10.2. The van der Waals surface area contributed by atoms with Crippen molar-refractivity contribution in [3.8, 4) is 5.75 Å². The Morgan fingerprint density at radius 1 is 1.33 bits per heavy atom. The van der Waals surface area contributed by atoms with Gasteiger partial charge >= 0.3 is 0 Å². The van der Waals surface area contributed by atoms with E-state index in [1.165, 1.54) is 6.21 Å². The number of aliphatic imine (C=N–C) groups is 1. The average Bonchev–Trinajstić information content (AvgIpc) is 2.69. The standard InChI is InChI=1S/C15H16N4O2/c1-21-14-5-3-2-4-10(14)9-6-12-11(13(20)7-9)8-17-15(16)19-18-12/h2-5,8-9,18H,6-7H2,1H3,(H2,16,19). The van der Waals surface area contributed by atoms with Gasteiger partial charge < -0.3 is 10.5 Å². The third-order valence-electron chi connectivity index (χ3n) is 3.72. The molecule has 1 aromatic rings. The molecule has 0 saturated carbocycles. The number of benzene rings is 1. The Morgan fingerprint density at radius 2 is 2.14 bits per heavy atom. The lowest BCUT2D eigenvalue weighted by atomic mass is 9.82. The van der Waals surface area contributed by atoms with E-state index in [9.17, 15) is 4.79 Å². The topological polar surface area (TPSA) is 89.1 Å². The van der Waals surface area contributed by atoms with E-state index in [-0.39, 0.29) is 17.7 Å². The van der Waals surface area contributed by atoms with E-state index < -0.39 is 0 Å². The Kier molecular flexibility index (Phi) is 3.43. The summed E-state index contributed by atoms with van der Waals surface area (Å²) < 4.78 is 5.39. The molecule has 1 aromatic carbocycles. The van der Waals surface area contributed by atoms with Crippen molar-refractivity contribution < 1.29 is 9.53 Å². The molecule has 0 saturated heterocycles. The van der Waals surface area contributed by atoms with Gasteiger partial charge in [-0.2, -0.15) is 0 Å². The molecule has 0 spiro atoms. The number of allylic oxidation sites excluding steroid dienone is 2. The number of hydrazone groups is 1. The van der Waals surface area contributed by atoms with Gasteiger partial charge in [-0.15, -0.1) is 5.10 Å². The summed E-state index contributed by atoms with van der Waals surface area (Å²) in [6.07, 6.45) is 2.59. The molecule has 6 heteroatoms. The van der Waals surface area contributed by atoms with Gasteiger partial charge in [-0.1, -0.05) is 18.2 Å². The number of nitrogens with one attached hydrogen (secondary N) is 1. The predicted molar refractivity (Wildman–Crippen MR) is 80.3 cm³/mol. The van der Waals surface area contributed by atoms with Crippen molar-refractivity contribution in [2.75, 3.05) is 7.11 Å². The number of carbonyl (C=O) groups is 1. The molecule has 3 rings (SSSR count). The van der Waals surface area contributed by atoms with Gasteiger partial charge in [0.05, 0.1) is 12.7 Å². The second-order valence-corrected chi connectivity index (χ2v) is 5.00. The van der Waals surface area contributed by atoms with E-state index in [0.29, 0.717) is 18.4 Å². The Hall–Kier alpha value is -2.63. The number of hydrogen-bond acceptors (Lipinski definition) is 6. The molecular formula is C15H16N4O2. The van der Waals surface area contributed by atoms with Crippen molar-refractivity contribution in [1.82, 2.24) is 5.43 Å². The second kappa shape index (κ2) is 5.40. The molecule has 108 valence electrons. The van der Waals surface area contributed by atoms with E-state index in [1.54, 1.807) is 7.11 Å². The zero-order valence-electron chi connectivity index (χ0n) is 11.7. The highest BCUT2D eigenvalue weighted by Gasteiger charge is 2.30. The quantitative estimate of drug-likeness (QED) is 0.856. The first-order valence-corrected chi connectivity index (χ1v) is 6.71. The molecule has 0 fully saturated rings. The number of ketones is 1. The molecule has 21 heavy (non-hydrogen) atoms. The fourth-order valence-electron chi connectivity index (χ4n) is 2.69. The molecule has 6 nitrogen and oxygen atoms in total. The normalized spacial score (nSPS) is 21.3. The summed E-state index contributed by atoms with van der Waals surface area (Å²) in [4.78, 5) is 16.3. The molecule has 2 aliphatic rings. The summed E-state index contributed by atoms with van der Waals surface area (Å²) in [6.45, 7) is 0. The highest BCUT2D eigenvalue weighted by molar-refractivity contribution is 6.16. The minimum atomic E-state index is 0.0355. The number of nitrogens with two attached hydrogens (primary N) is 1. The molecule has 1 unspecified atom stereocenters. The van der Waals surface area contributed by atoms with E-state index in [2.05, 4.69) is 15.5 Å². The summed E-state index contributed by atoms with van der Waals surface area (Å²) in [5.74, 6) is 1.01. The number of carbonyl (C=O) groups excluding carboxylic acids is 1. The van der Waals surface area contributed by atoms with Gasteiger partial charge in [-0.05, 0) is 18.1 Å². The molecule has 1 aliphatic carbocycles. The van der Waals surface area contributed by atoms with Crippen LogP contribution in [0.3, 0.4) is 0 Å². The van der Waals surface area contributed by atoms with Crippen molar-refractivity contribution in [3.63, 3.8) is 0 Å². The Morgan fingerprint density at radius 3 is 2.95 bits per heavy atom. The number of rotatable bonds is 2. The lowest BCUT2D eigenvalue weighted by Crippen LogP contribution is -2.24. The van der Waals surface area contributed by atoms with Crippen LogP contribution in [0, 0.1) is 0 Å². The number of nitrogens with zero attached hydrogens (tertiary/aromatic N) is 2. The van der Waals surface area contributed by atoms with Gasteiger partial charge in [-0.25, -0.2) is 4.99 Å². The van der Waals surface area contributed by atoms with Crippen molar-refractivity contribution in [1.29, 1.82) is 0 Å². The van der Waals surface area contributed by atoms with Crippen LogP contribution < -0.4 is 15.9 Å². The van der Waals surface area contributed by atoms with Crippen LogP contribution in [0.2, 0.25) is 0 Å². The molecule has 1 aliphatic heterocycles. The van der Waals surface area contributed by atoms with Gasteiger partial charge in [0.25, 0.3) is 0 Å². The molecule has 0 radical (unpaired) electrons. The Balaban J connectivity index is 1.94. The third-order valence-corrected chi connectivity index (χ3v) is 3.72. The number of hydrogen-bond donors (Lipinski definition) is 2. The van der Waals surface area contributed by atoms with E-state index in [1.807, 2.05) is 24.3 Å². The largest absolute Gasteiger partial charge is 0.496 e. The van der Waals surface area contributed by atoms with Gasteiger partial charge in [0.1, 0.15) is 5.75 Å². The zero-order chi connectivity index (χ0) is 14.8. The summed E-state index contributed by atoms with van der Waals surface area (Å²) in [5, 5.41) is 3.92. The molecular weight excluding hydrogens is 268 g/mol. The minimum Gasteiger partial charge on any atom is -0.496 e. The van der Waals surface area contributed by atoms with Crippen LogP contribution in [-0.4, -0.2) is 25.1 Å². The van der Waals surface area contributed by atoms with E-state index in [0.717, 1.165) is 17.0 Å². The Labute approximate surface area is 122 Å². The average molecular weight is 284 g/mol. The van der Waals surface area contributed by atoms with Crippen molar-refractivity contribution in [3.05, 3.63) is 41.1 Å². The van der Waals surface area contributed by atoms with Gasteiger partial charge in [0, 0.05) is 24.3 Å². The van der Waals surface area contributed by atoms with E-state index >= 15 is 0 Å². The minimum absolute atomic E-state index is 0.0355. The van der Waals surface area contributed by atoms with Gasteiger partial charge in [0.15, 0.2) is 5.78 Å². The van der Waals surface area contributed by atoms with Gasteiger partial charge in [-0.3, -0.25) is 10.2 Å². The van der Waals surface area contributed by atoms with Gasteiger partial charge in [0.2, 0.25) is 5.96 Å². The molecule has 0 bridgehead atoms. The molecule has 0 amide bonds. The number of methoxy groups -OCH3 is 1. The lowest BCUT2D eigenvalue weighted by Gasteiger charge is -2.25. The smallest absolute Gasteiger partial charge is 0.237 e. The maximum absolute atomic E-state index is 12.3. The third kappa shape index (κ3) is 2.52. The van der Waals surface area contributed by atoms with Crippen LogP contribution in [-0.2, 0) is 4.79 Å². The fourth-order valence-corrected chi connectivity index (χ4v) is 2.69. The summed E-state index contributed by atoms with van der Waals surface area (Å²) in [6, 6.07) is 7.76. The fraction of sp³-hybridized carbons (Fsp3) is 0.267. The molecule has 3 N–H and O–H groups in total. The first-order valence-electron chi connectivity index (χ1n) is 6.71. The maximum atomic E-state index is 12.3. The molecule has 1 heterocycles. The molecule has 1 atom stereocenters. The summed E-state index contributed by atoms with van der Waals surface area (Å²) in [7, 11) is 1.63. The van der Waals surface area contributed by atoms with Crippen LogP contribution in [0.1, 0.15) is 24.3 Å². The number of Topliss-reactive ketones (excluding diaryl/α,β-unsaturated/α-hetero) is 1. The highest BCUT2D eigenvalue weighted by Crippen LogP contribution is 2.37. The predicted octanol–water partition coefficient (Wildman–Crippen LogP) is 1.30. The number of guanidine groups is 1. The number of ether oxygens (including phenoxy) is 1. The second-order valence-electron chi connectivity index (χ2n) is 5.00. The van der Waals surface area contributed by atoms with Crippen LogP contribution >= 0.6 is 0 Å². The zero-order valence-corrected chi connectivity index (χ0v) is 11.7. The SMILES string of the molecule is COc1ccccc1C1CC(=O)C2=C(C1)NN=C(N)N=C2. The van der Waals surface area contributed by atoms with E-state index in [4.69, 9.17) is 10.5 Å². The maximum Gasteiger partial charge on any atom is 0.237 e. The van der Waals surface area contributed by atoms with Crippen LogP contribution in [0.25, 0.3) is 0 Å². The first kappa shape index (κ1) is 13.4. The molecule has 0 aromatic heterocycles. The summed E-state index contributed by atoms with van der Waals surface area (Å²) >= 11 is 0. The lowest BCUT2D eigenvalue weighted by molar-refractivity contribution is -0.115. The highest BCUT2D eigenvalue weighted by atomic mass is 16.5. The van der Waals surface area contributed by atoms with Crippen LogP contribution in [0.15, 0.2) is 45.6 Å². The van der Waals surface area contributed by atoms with Crippen molar-refractivity contribution in [2.45, 2.75) is 18.8 Å². The number of para-hydroxylation sites is 1. The monoisotopic (exact) mass is 284 g/mol. The van der Waals surface area contributed by atoms with Crippen LogP contribution in [0.5, 0.6) is 5.75 Å². The van der Waals surface area contributed by atoms with Crippen molar-refractivity contribution >= 4 is 18.0 Å². The van der Waals surface area contributed by atoms with Crippen molar-refractivity contribution in [2.24, 2.45) is 15.8 Å². The Bertz CT molecular complexity index is 676. The van der Waals surface area contributed by atoms with Crippen LogP contribution in [0.4, 0.5) is 0 Å². The summed E-state index contributed by atoms with van der Waals surface area (Å²) in [5.41, 5.74) is 10.8.